The molecule has 0 amide bonds. The highest BCUT2D eigenvalue weighted by atomic mass is 32.2. The van der Waals surface area contributed by atoms with Crippen molar-refractivity contribution < 1.29 is 9.90 Å². The Morgan fingerprint density at radius 3 is 2.86 bits per heavy atom. The normalized spacial score (nSPS) is 23.1. The summed E-state index contributed by atoms with van der Waals surface area (Å²) in [6, 6.07) is 17.0. The number of pyridine rings is 1. The van der Waals surface area contributed by atoms with E-state index in [1.807, 2.05) is 36.5 Å². The van der Waals surface area contributed by atoms with Gasteiger partial charge < -0.3 is 14.6 Å². The Hall–Kier alpha value is -3.06. The first-order chi connectivity index (χ1) is 14.1. The van der Waals surface area contributed by atoms with Gasteiger partial charge in [-0.2, -0.15) is 0 Å². The maximum absolute atomic E-state index is 11.4. The van der Waals surface area contributed by atoms with Crippen LogP contribution < -0.4 is 0 Å². The Balaban J connectivity index is 1.60. The molecule has 6 nitrogen and oxygen atoms in total. The first-order valence-electron chi connectivity index (χ1n) is 9.55. The summed E-state index contributed by atoms with van der Waals surface area (Å²) in [4.78, 5) is 23.4. The van der Waals surface area contributed by atoms with Crippen molar-refractivity contribution in [3.63, 3.8) is 0 Å². The fourth-order valence-corrected chi connectivity index (χ4v) is 5.19. The second kappa shape index (κ2) is 7.08. The van der Waals surface area contributed by atoms with Crippen LogP contribution in [0.15, 0.2) is 72.0 Å². The van der Waals surface area contributed by atoms with E-state index in [9.17, 15) is 9.90 Å². The SMILES string of the molecule is C[C@@H]1CN2C(=N[C@@H](c3ccccn3)[C@@H]2c2cccn2-c2cccc(C(=O)O)c2)S1. The van der Waals surface area contributed by atoms with Gasteiger partial charge in [-0.1, -0.05) is 30.8 Å². The number of carboxylic acid groups (broad SMARTS) is 1. The zero-order valence-corrected chi connectivity index (χ0v) is 16.7. The van der Waals surface area contributed by atoms with E-state index in [1.54, 1.807) is 36.2 Å². The summed E-state index contributed by atoms with van der Waals surface area (Å²) < 4.78 is 2.07. The minimum Gasteiger partial charge on any atom is -0.478 e. The number of fused-ring (bicyclic) bond motifs is 1. The highest BCUT2D eigenvalue weighted by Gasteiger charge is 2.44. The van der Waals surface area contributed by atoms with Crippen LogP contribution in [0.2, 0.25) is 0 Å². The second-order valence-electron chi connectivity index (χ2n) is 7.30. The van der Waals surface area contributed by atoms with Crippen LogP contribution in [-0.4, -0.2) is 42.5 Å². The van der Waals surface area contributed by atoms with Crippen molar-refractivity contribution in [2.75, 3.05) is 6.54 Å². The molecular weight excluding hydrogens is 384 g/mol. The summed E-state index contributed by atoms with van der Waals surface area (Å²) >= 11 is 1.80. The van der Waals surface area contributed by atoms with Gasteiger partial charge in [-0.3, -0.25) is 9.98 Å². The number of aliphatic imine (C=N–C) groups is 1. The van der Waals surface area contributed by atoms with Crippen molar-refractivity contribution in [2.24, 2.45) is 4.99 Å². The molecule has 0 saturated carbocycles. The third-order valence-electron chi connectivity index (χ3n) is 5.34. The van der Waals surface area contributed by atoms with Crippen molar-refractivity contribution in [3.05, 3.63) is 83.9 Å². The van der Waals surface area contributed by atoms with Crippen molar-refractivity contribution >= 4 is 22.9 Å². The summed E-state index contributed by atoms with van der Waals surface area (Å²) in [5, 5.41) is 10.9. The lowest BCUT2D eigenvalue weighted by Gasteiger charge is -2.28. The Kier molecular flexibility index (Phi) is 4.39. The molecule has 0 aliphatic carbocycles. The molecule has 0 spiro atoms. The average molecular weight is 404 g/mol. The van der Waals surface area contributed by atoms with Crippen LogP contribution in [0.4, 0.5) is 0 Å². The van der Waals surface area contributed by atoms with Gasteiger partial charge in [-0.05, 0) is 42.5 Å². The molecule has 146 valence electrons. The van der Waals surface area contributed by atoms with Gasteiger partial charge in [0, 0.05) is 35.6 Å². The number of amidine groups is 1. The molecule has 3 atom stereocenters. The smallest absolute Gasteiger partial charge is 0.335 e. The average Bonchev–Trinajstić information content (AvgIpc) is 3.42. The molecule has 2 aliphatic rings. The van der Waals surface area contributed by atoms with Crippen molar-refractivity contribution in [3.8, 4) is 5.69 Å². The Morgan fingerprint density at radius 1 is 1.17 bits per heavy atom. The topological polar surface area (TPSA) is 70.7 Å². The van der Waals surface area contributed by atoms with Crippen LogP contribution in [0.25, 0.3) is 5.69 Å². The number of thioether (sulfide) groups is 1. The molecule has 7 heteroatoms. The highest BCUT2D eigenvalue weighted by Crippen LogP contribution is 2.47. The molecule has 1 aromatic carbocycles. The fourth-order valence-electron chi connectivity index (χ4n) is 4.10. The van der Waals surface area contributed by atoms with Crippen LogP contribution >= 0.6 is 11.8 Å². The van der Waals surface area contributed by atoms with Crippen LogP contribution in [0.1, 0.15) is 40.8 Å². The third-order valence-corrected chi connectivity index (χ3v) is 6.44. The number of carbonyl (C=O) groups is 1. The maximum Gasteiger partial charge on any atom is 0.335 e. The van der Waals surface area contributed by atoms with Gasteiger partial charge >= 0.3 is 5.97 Å². The van der Waals surface area contributed by atoms with Crippen LogP contribution in [0, 0.1) is 0 Å². The summed E-state index contributed by atoms with van der Waals surface area (Å²) in [5.74, 6) is -0.928. The lowest BCUT2D eigenvalue weighted by Crippen LogP contribution is -2.30. The molecule has 0 unspecified atom stereocenters. The Labute approximate surface area is 172 Å². The minimum absolute atomic E-state index is 0.0147. The molecule has 0 bridgehead atoms. The third kappa shape index (κ3) is 3.11. The van der Waals surface area contributed by atoms with E-state index in [0.717, 1.165) is 28.8 Å². The summed E-state index contributed by atoms with van der Waals surface area (Å²) in [7, 11) is 0. The van der Waals surface area contributed by atoms with Gasteiger partial charge in [-0.25, -0.2) is 4.79 Å². The van der Waals surface area contributed by atoms with Gasteiger partial charge in [0.2, 0.25) is 0 Å². The number of benzene rings is 1. The van der Waals surface area contributed by atoms with Crippen LogP contribution in [0.5, 0.6) is 0 Å². The highest BCUT2D eigenvalue weighted by molar-refractivity contribution is 8.14. The molecule has 3 aromatic rings. The molecule has 2 aliphatic heterocycles. The lowest BCUT2D eigenvalue weighted by molar-refractivity contribution is 0.0697. The van der Waals surface area contributed by atoms with Gasteiger partial charge in [0.15, 0.2) is 5.17 Å². The van der Waals surface area contributed by atoms with Crippen LogP contribution in [0.3, 0.4) is 0 Å². The zero-order chi connectivity index (χ0) is 20.0. The molecular formula is C22H20N4O2S. The van der Waals surface area contributed by atoms with E-state index < -0.39 is 5.97 Å². The monoisotopic (exact) mass is 404 g/mol. The Morgan fingerprint density at radius 2 is 2.07 bits per heavy atom. The quantitative estimate of drug-likeness (QED) is 0.707. The summed E-state index contributed by atoms with van der Waals surface area (Å²) in [6.07, 6.45) is 3.79. The number of hydrogen-bond donors (Lipinski definition) is 1. The predicted molar refractivity (Wildman–Crippen MR) is 114 cm³/mol. The molecule has 1 saturated heterocycles. The molecule has 1 N–H and O–H groups in total. The standard InChI is InChI=1S/C22H20N4O2S/c1-14-13-26-20(19(24-22(26)29-14)17-8-2-3-10-23-17)18-9-5-11-25(18)16-7-4-6-15(12-16)21(27)28/h2-12,14,19-20H,13H2,1H3,(H,27,28)/t14-,19+,20+/m1/s1. The summed E-state index contributed by atoms with van der Waals surface area (Å²) in [5.41, 5.74) is 3.13. The molecule has 4 heterocycles. The number of nitrogens with zero attached hydrogens (tertiary/aromatic N) is 4. The van der Waals surface area contributed by atoms with Gasteiger partial charge in [0.25, 0.3) is 0 Å². The zero-order valence-electron chi connectivity index (χ0n) is 15.8. The second-order valence-corrected chi connectivity index (χ2v) is 8.70. The van der Waals surface area contributed by atoms with E-state index in [1.165, 1.54) is 0 Å². The molecule has 2 aromatic heterocycles. The van der Waals surface area contributed by atoms with Crippen molar-refractivity contribution in [1.82, 2.24) is 14.5 Å². The predicted octanol–water partition coefficient (Wildman–Crippen LogP) is 4.16. The van der Waals surface area contributed by atoms with E-state index >= 15 is 0 Å². The molecule has 1 fully saturated rings. The van der Waals surface area contributed by atoms with E-state index in [0.29, 0.717) is 5.25 Å². The van der Waals surface area contributed by atoms with Crippen molar-refractivity contribution in [1.29, 1.82) is 0 Å². The first kappa shape index (κ1) is 18.0. The number of aromatic carboxylic acids is 1. The fraction of sp³-hybridized carbons (Fsp3) is 0.227. The number of carboxylic acids is 1. The van der Waals surface area contributed by atoms with E-state index in [4.69, 9.17) is 4.99 Å². The number of aromatic nitrogens is 2. The van der Waals surface area contributed by atoms with Gasteiger partial charge in [0.1, 0.15) is 6.04 Å². The van der Waals surface area contributed by atoms with Crippen LogP contribution in [-0.2, 0) is 0 Å². The first-order valence-corrected chi connectivity index (χ1v) is 10.4. The van der Waals surface area contributed by atoms with Gasteiger partial charge in [0.05, 0.1) is 17.3 Å². The van der Waals surface area contributed by atoms with Gasteiger partial charge in [-0.15, -0.1) is 0 Å². The maximum atomic E-state index is 11.4. The molecule has 5 rings (SSSR count). The largest absolute Gasteiger partial charge is 0.478 e. The Bertz CT molecular complexity index is 1090. The molecule has 0 radical (unpaired) electrons. The number of hydrogen-bond acceptors (Lipinski definition) is 5. The molecule has 29 heavy (non-hydrogen) atoms. The summed E-state index contributed by atoms with van der Waals surface area (Å²) in [6.45, 7) is 3.14. The van der Waals surface area contributed by atoms with E-state index in [-0.39, 0.29) is 17.6 Å². The minimum atomic E-state index is -0.928. The van der Waals surface area contributed by atoms with Crippen molar-refractivity contribution in [2.45, 2.75) is 24.3 Å². The van der Waals surface area contributed by atoms with E-state index in [2.05, 4.69) is 27.4 Å². The lowest BCUT2D eigenvalue weighted by atomic mass is 10.0. The number of rotatable bonds is 4.